The normalized spacial score (nSPS) is 12.6. The molecule has 0 aliphatic rings. The van der Waals surface area contributed by atoms with Gasteiger partial charge in [-0.3, -0.25) is 9.78 Å². The van der Waals surface area contributed by atoms with Crippen LogP contribution in [0, 0.1) is 0 Å². The van der Waals surface area contributed by atoms with E-state index in [9.17, 15) is 4.79 Å². The molecule has 4 nitrogen and oxygen atoms in total. The van der Waals surface area contributed by atoms with Crippen molar-refractivity contribution in [3.05, 3.63) is 102 Å². The SMILES string of the molecule is CC(C)(C)c1ccc(C(CC(=O)NCCc2ccccn2)c2c[nH]c3ccccc23)cc1. The highest BCUT2D eigenvalue weighted by Gasteiger charge is 2.22. The van der Waals surface area contributed by atoms with E-state index < -0.39 is 0 Å². The number of aromatic nitrogens is 2. The Balaban J connectivity index is 1.56. The van der Waals surface area contributed by atoms with Gasteiger partial charge in [0.05, 0.1) is 0 Å². The van der Waals surface area contributed by atoms with E-state index in [2.05, 4.69) is 72.5 Å². The zero-order valence-electron chi connectivity index (χ0n) is 19.1. The maximum atomic E-state index is 12.9. The number of pyridine rings is 1. The van der Waals surface area contributed by atoms with Crippen molar-refractivity contribution < 1.29 is 4.79 Å². The molecule has 2 aromatic carbocycles. The second kappa shape index (κ2) is 9.39. The van der Waals surface area contributed by atoms with E-state index in [1.165, 1.54) is 10.9 Å². The molecule has 2 N–H and O–H groups in total. The van der Waals surface area contributed by atoms with Gasteiger partial charge >= 0.3 is 0 Å². The van der Waals surface area contributed by atoms with Crippen LogP contribution in [-0.4, -0.2) is 22.4 Å². The number of fused-ring (bicyclic) bond motifs is 1. The Morgan fingerprint density at radius 1 is 1.00 bits per heavy atom. The summed E-state index contributed by atoms with van der Waals surface area (Å²) in [5.41, 5.74) is 5.77. The predicted molar refractivity (Wildman–Crippen MR) is 131 cm³/mol. The van der Waals surface area contributed by atoms with Crippen molar-refractivity contribution in [3.8, 4) is 0 Å². The van der Waals surface area contributed by atoms with E-state index in [1.807, 2.05) is 36.5 Å². The van der Waals surface area contributed by atoms with Gasteiger partial charge in [-0.15, -0.1) is 0 Å². The van der Waals surface area contributed by atoms with Crippen LogP contribution in [0.25, 0.3) is 10.9 Å². The van der Waals surface area contributed by atoms with Crippen molar-refractivity contribution in [2.24, 2.45) is 0 Å². The summed E-state index contributed by atoms with van der Waals surface area (Å²) in [5, 5.41) is 4.25. The number of rotatable bonds is 7. The zero-order chi connectivity index (χ0) is 22.6. The molecule has 164 valence electrons. The molecule has 2 heterocycles. The fourth-order valence-corrected chi connectivity index (χ4v) is 4.14. The van der Waals surface area contributed by atoms with Gasteiger partial charge in [-0.25, -0.2) is 0 Å². The molecular weight excluding hydrogens is 394 g/mol. The first kappa shape index (κ1) is 21.8. The summed E-state index contributed by atoms with van der Waals surface area (Å²) in [6.45, 7) is 7.23. The molecule has 0 aliphatic carbocycles. The van der Waals surface area contributed by atoms with Crippen LogP contribution in [0.1, 0.15) is 55.5 Å². The van der Waals surface area contributed by atoms with Gasteiger partial charge in [-0.1, -0.05) is 69.3 Å². The van der Waals surface area contributed by atoms with Crippen molar-refractivity contribution in [2.75, 3.05) is 6.54 Å². The first-order valence-corrected chi connectivity index (χ1v) is 11.2. The van der Waals surface area contributed by atoms with Gasteiger partial charge in [-0.2, -0.15) is 0 Å². The van der Waals surface area contributed by atoms with Gasteiger partial charge < -0.3 is 10.3 Å². The lowest BCUT2D eigenvalue weighted by Crippen LogP contribution is -2.27. The second-order valence-electron chi connectivity index (χ2n) is 9.34. The summed E-state index contributed by atoms with van der Waals surface area (Å²) in [6.07, 6.45) is 4.96. The number of H-pyrrole nitrogens is 1. The number of nitrogens with one attached hydrogen (secondary N) is 2. The quantitative estimate of drug-likeness (QED) is 0.397. The molecule has 32 heavy (non-hydrogen) atoms. The Hall–Kier alpha value is -3.40. The first-order chi connectivity index (χ1) is 15.4. The number of amides is 1. The van der Waals surface area contributed by atoms with Crippen molar-refractivity contribution >= 4 is 16.8 Å². The minimum atomic E-state index is -0.0185. The Labute approximate surface area is 190 Å². The van der Waals surface area contributed by atoms with E-state index in [1.54, 1.807) is 6.20 Å². The molecule has 2 aromatic heterocycles. The van der Waals surface area contributed by atoms with Crippen molar-refractivity contribution in [1.82, 2.24) is 15.3 Å². The smallest absolute Gasteiger partial charge is 0.220 e. The lowest BCUT2D eigenvalue weighted by molar-refractivity contribution is -0.121. The lowest BCUT2D eigenvalue weighted by Gasteiger charge is -2.22. The Morgan fingerprint density at radius 2 is 1.75 bits per heavy atom. The molecule has 0 fully saturated rings. The van der Waals surface area contributed by atoms with Crippen LogP contribution in [0.15, 0.2) is 79.1 Å². The fourth-order valence-electron chi connectivity index (χ4n) is 4.14. The average molecular weight is 426 g/mol. The van der Waals surface area contributed by atoms with Crippen LogP contribution in [0.3, 0.4) is 0 Å². The summed E-state index contributed by atoms with van der Waals surface area (Å²) >= 11 is 0. The monoisotopic (exact) mass is 425 g/mol. The van der Waals surface area contributed by atoms with Crippen LogP contribution in [0.4, 0.5) is 0 Å². The van der Waals surface area contributed by atoms with Crippen LogP contribution in [0.2, 0.25) is 0 Å². The lowest BCUT2D eigenvalue weighted by atomic mass is 9.83. The Morgan fingerprint density at radius 3 is 2.47 bits per heavy atom. The topological polar surface area (TPSA) is 57.8 Å². The van der Waals surface area contributed by atoms with E-state index >= 15 is 0 Å². The molecule has 0 saturated carbocycles. The van der Waals surface area contributed by atoms with Gasteiger partial charge in [0.15, 0.2) is 0 Å². The molecule has 4 rings (SSSR count). The molecule has 0 radical (unpaired) electrons. The minimum Gasteiger partial charge on any atom is -0.361 e. The molecule has 4 aromatic rings. The van der Waals surface area contributed by atoms with E-state index in [0.717, 1.165) is 28.8 Å². The number of carbonyl (C=O) groups excluding carboxylic acids is 1. The number of hydrogen-bond acceptors (Lipinski definition) is 2. The Bertz CT molecular complexity index is 1170. The highest BCUT2D eigenvalue weighted by molar-refractivity contribution is 5.86. The third-order valence-corrected chi connectivity index (χ3v) is 5.99. The summed E-state index contributed by atoms with van der Waals surface area (Å²) in [5.74, 6) is 0.0335. The van der Waals surface area contributed by atoms with E-state index in [0.29, 0.717) is 13.0 Å². The molecule has 0 aliphatic heterocycles. The van der Waals surface area contributed by atoms with E-state index in [4.69, 9.17) is 0 Å². The highest BCUT2D eigenvalue weighted by atomic mass is 16.1. The standard InChI is InChI=1S/C28H31N3O/c1-28(2,3)21-13-11-20(12-14-21)24(25-19-31-26-10-5-4-9-23(25)26)18-27(32)30-17-15-22-8-6-7-16-29-22/h4-14,16,19,24,31H,15,17-18H2,1-3H3,(H,30,32). The van der Waals surface area contributed by atoms with Crippen LogP contribution in [-0.2, 0) is 16.6 Å². The molecule has 0 bridgehead atoms. The predicted octanol–water partition coefficient (Wildman–Crippen LogP) is 5.74. The van der Waals surface area contributed by atoms with Gasteiger partial charge in [0, 0.05) is 54.3 Å². The van der Waals surface area contributed by atoms with Crippen molar-refractivity contribution in [2.45, 2.75) is 44.9 Å². The highest BCUT2D eigenvalue weighted by Crippen LogP contribution is 2.34. The maximum absolute atomic E-state index is 12.9. The summed E-state index contributed by atoms with van der Waals surface area (Å²) in [4.78, 5) is 20.6. The molecule has 1 atom stereocenters. The molecule has 1 amide bonds. The number of carbonyl (C=O) groups is 1. The molecule has 0 saturated heterocycles. The van der Waals surface area contributed by atoms with Gasteiger partial charge in [0.2, 0.25) is 5.91 Å². The minimum absolute atomic E-state index is 0.0185. The average Bonchev–Trinajstić information content (AvgIpc) is 3.22. The number of para-hydroxylation sites is 1. The second-order valence-corrected chi connectivity index (χ2v) is 9.34. The number of aromatic amines is 1. The van der Waals surface area contributed by atoms with Gasteiger partial charge in [-0.05, 0) is 40.3 Å². The number of hydrogen-bond donors (Lipinski definition) is 2. The maximum Gasteiger partial charge on any atom is 0.220 e. The fraction of sp³-hybridized carbons (Fsp3) is 0.286. The van der Waals surface area contributed by atoms with Crippen LogP contribution in [0.5, 0.6) is 0 Å². The first-order valence-electron chi connectivity index (χ1n) is 11.2. The van der Waals surface area contributed by atoms with Crippen LogP contribution >= 0.6 is 0 Å². The number of nitrogens with zero attached hydrogens (tertiary/aromatic N) is 1. The van der Waals surface area contributed by atoms with Crippen LogP contribution < -0.4 is 5.32 Å². The zero-order valence-corrected chi connectivity index (χ0v) is 19.1. The Kier molecular flexibility index (Phi) is 6.40. The van der Waals surface area contributed by atoms with Crippen molar-refractivity contribution in [3.63, 3.8) is 0 Å². The number of benzene rings is 2. The third-order valence-electron chi connectivity index (χ3n) is 5.99. The van der Waals surface area contributed by atoms with Crippen molar-refractivity contribution in [1.29, 1.82) is 0 Å². The van der Waals surface area contributed by atoms with Gasteiger partial charge in [0.25, 0.3) is 0 Å². The largest absolute Gasteiger partial charge is 0.361 e. The summed E-state index contributed by atoms with van der Waals surface area (Å²) < 4.78 is 0. The summed E-state index contributed by atoms with van der Waals surface area (Å²) in [6, 6.07) is 22.9. The van der Waals surface area contributed by atoms with E-state index in [-0.39, 0.29) is 17.2 Å². The van der Waals surface area contributed by atoms with Gasteiger partial charge in [0.1, 0.15) is 0 Å². The third kappa shape index (κ3) is 5.08. The molecule has 4 heteroatoms. The molecule has 1 unspecified atom stereocenters. The molecular formula is C28H31N3O. The summed E-state index contributed by atoms with van der Waals surface area (Å²) in [7, 11) is 0. The molecule has 0 spiro atoms.